The normalized spacial score (nSPS) is 16.4. The largest absolute Gasteiger partial charge is 0.338 e. The maximum Gasteiger partial charge on any atom is 0.244 e. The van der Waals surface area contributed by atoms with Crippen LogP contribution in [-0.2, 0) is 27.6 Å². The van der Waals surface area contributed by atoms with E-state index < -0.39 is 16.1 Å². The number of carbonyl (C=O) groups excluding carboxylic acids is 1. The zero-order chi connectivity index (χ0) is 19.4. The van der Waals surface area contributed by atoms with E-state index in [1.54, 1.807) is 36.1 Å². The average molecular weight is 428 g/mol. The van der Waals surface area contributed by atoms with Crippen LogP contribution in [0.3, 0.4) is 0 Å². The summed E-state index contributed by atoms with van der Waals surface area (Å²) in [6.45, 7) is 1.38. The lowest BCUT2D eigenvalue weighted by Gasteiger charge is -2.35. The molecule has 2 aromatic rings. The molecular formula is C18H26ClN5O3S. The minimum absolute atomic E-state index is 0. The summed E-state index contributed by atoms with van der Waals surface area (Å²) >= 11 is 0. The Kier molecular flexibility index (Phi) is 7.59. The lowest BCUT2D eigenvalue weighted by molar-refractivity contribution is -0.134. The summed E-state index contributed by atoms with van der Waals surface area (Å²) in [4.78, 5) is 14.6. The van der Waals surface area contributed by atoms with Crippen LogP contribution in [0.1, 0.15) is 17.2 Å². The molecule has 0 spiro atoms. The highest BCUT2D eigenvalue weighted by Crippen LogP contribution is 2.18. The van der Waals surface area contributed by atoms with Gasteiger partial charge >= 0.3 is 0 Å². The predicted octanol–water partition coefficient (Wildman–Crippen LogP) is 0.777. The molecule has 0 radical (unpaired) electrons. The molecule has 0 saturated carbocycles. The molecule has 1 aliphatic heterocycles. The van der Waals surface area contributed by atoms with Crippen molar-refractivity contribution in [3.8, 4) is 0 Å². The van der Waals surface area contributed by atoms with Crippen molar-refractivity contribution in [1.29, 1.82) is 0 Å². The number of nitrogens with zero attached hydrogens (tertiary/aromatic N) is 4. The molecule has 8 nitrogen and oxygen atoms in total. The number of likely N-dealkylation sites (N-methyl/N-ethyl adjacent to an activating group) is 1. The molecule has 1 aliphatic rings. The van der Waals surface area contributed by atoms with Gasteiger partial charge in [-0.15, -0.1) is 12.4 Å². The van der Waals surface area contributed by atoms with Crippen LogP contribution in [0.15, 0.2) is 42.7 Å². The van der Waals surface area contributed by atoms with Gasteiger partial charge in [-0.25, -0.2) is 8.42 Å². The van der Waals surface area contributed by atoms with E-state index in [2.05, 4.69) is 10.4 Å². The van der Waals surface area contributed by atoms with Crippen LogP contribution < -0.4 is 5.32 Å². The van der Waals surface area contributed by atoms with Gasteiger partial charge < -0.3 is 10.2 Å². The maximum absolute atomic E-state index is 12.8. The Hall–Kier alpha value is -1.94. The molecule has 0 aliphatic carbocycles. The van der Waals surface area contributed by atoms with Gasteiger partial charge in [0.25, 0.3) is 0 Å². The Bertz CT molecular complexity index is 880. The lowest BCUT2D eigenvalue weighted by atomic mass is 10.1. The fourth-order valence-corrected chi connectivity index (χ4v) is 4.78. The molecule has 2 heterocycles. The van der Waals surface area contributed by atoms with Gasteiger partial charge in [0.05, 0.1) is 11.9 Å². The smallest absolute Gasteiger partial charge is 0.244 e. The number of piperazine rings is 1. The quantitative estimate of drug-likeness (QED) is 0.736. The third-order valence-electron chi connectivity index (χ3n) is 4.73. The molecule has 1 N–H and O–H groups in total. The summed E-state index contributed by atoms with van der Waals surface area (Å²) in [5, 5.41) is 7.14. The number of aromatic nitrogens is 2. The second-order valence-corrected chi connectivity index (χ2v) is 8.60. The van der Waals surface area contributed by atoms with E-state index in [0.717, 1.165) is 11.1 Å². The van der Waals surface area contributed by atoms with Crippen molar-refractivity contribution in [2.45, 2.75) is 11.8 Å². The lowest BCUT2D eigenvalue weighted by Crippen LogP contribution is -2.52. The molecular weight excluding hydrogens is 402 g/mol. The molecule has 28 heavy (non-hydrogen) atoms. The summed E-state index contributed by atoms with van der Waals surface area (Å²) in [6.07, 6.45) is 3.47. The number of halogens is 1. The zero-order valence-electron chi connectivity index (χ0n) is 16.0. The standard InChI is InChI=1S/C18H25N5O3S.ClH/c1-19-17(16-12-20-21(2)13-16)18(24)22-8-10-23(11-9-22)27(25,26)14-15-6-4-3-5-7-15;/h3-7,12-13,17,19H,8-11,14H2,1-2H3;1H. The number of carbonyl (C=O) groups is 1. The first-order chi connectivity index (χ1) is 12.9. The van der Waals surface area contributed by atoms with Crippen molar-refractivity contribution in [2.75, 3.05) is 33.2 Å². The third-order valence-corrected chi connectivity index (χ3v) is 6.58. The van der Waals surface area contributed by atoms with E-state index in [9.17, 15) is 13.2 Å². The Labute approximate surface area is 172 Å². The molecule has 0 bridgehead atoms. The fraction of sp³-hybridized carbons (Fsp3) is 0.444. The topological polar surface area (TPSA) is 87.5 Å². The van der Waals surface area contributed by atoms with Gasteiger partial charge in [-0.2, -0.15) is 9.40 Å². The van der Waals surface area contributed by atoms with Crippen LogP contribution in [0.2, 0.25) is 0 Å². The minimum Gasteiger partial charge on any atom is -0.338 e. The predicted molar refractivity (Wildman–Crippen MR) is 109 cm³/mol. The Morgan fingerprint density at radius 3 is 2.36 bits per heavy atom. The number of amides is 1. The van der Waals surface area contributed by atoms with Crippen molar-refractivity contribution in [2.24, 2.45) is 7.05 Å². The van der Waals surface area contributed by atoms with Crippen molar-refractivity contribution < 1.29 is 13.2 Å². The van der Waals surface area contributed by atoms with Gasteiger partial charge in [-0.3, -0.25) is 9.48 Å². The Morgan fingerprint density at radius 2 is 1.82 bits per heavy atom. The second kappa shape index (κ2) is 9.51. The highest BCUT2D eigenvalue weighted by molar-refractivity contribution is 7.88. The van der Waals surface area contributed by atoms with Crippen molar-refractivity contribution in [1.82, 2.24) is 24.3 Å². The van der Waals surface area contributed by atoms with Gasteiger partial charge in [-0.05, 0) is 12.6 Å². The van der Waals surface area contributed by atoms with Crippen LogP contribution in [0.25, 0.3) is 0 Å². The number of nitrogens with one attached hydrogen (secondary N) is 1. The fourth-order valence-electron chi connectivity index (χ4n) is 3.27. The SMILES string of the molecule is CNC(C(=O)N1CCN(S(=O)(=O)Cc2ccccc2)CC1)c1cnn(C)c1.Cl. The molecule has 1 fully saturated rings. The third kappa shape index (κ3) is 5.11. The van der Waals surface area contributed by atoms with Gasteiger partial charge in [0, 0.05) is 45.0 Å². The number of aryl methyl sites for hydroxylation is 1. The molecule has 3 rings (SSSR count). The Balaban J connectivity index is 0.00000280. The molecule has 1 aromatic heterocycles. The van der Waals surface area contributed by atoms with Crippen LogP contribution in [0.5, 0.6) is 0 Å². The number of hydrogen-bond donors (Lipinski definition) is 1. The number of rotatable bonds is 6. The molecule has 10 heteroatoms. The number of benzene rings is 1. The number of sulfonamides is 1. The van der Waals surface area contributed by atoms with Crippen LogP contribution >= 0.6 is 12.4 Å². The highest BCUT2D eigenvalue weighted by Gasteiger charge is 2.32. The van der Waals surface area contributed by atoms with Crippen molar-refractivity contribution in [3.63, 3.8) is 0 Å². The summed E-state index contributed by atoms with van der Waals surface area (Å²) in [6, 6.07) is 8.66. The summed E-state index contributed by atoms with van der Waals surface area (Å²) in [5.41, 5.74) is 1.56. The minimum atomic E-state index is -3.39. The van der Waals surface area contributed by atoms with E-state index in [1.165, 1.54) is 4.31 Å². The Morgan fingerprint density at radius 1 is 1.18 bits per heavy atom. The summed E-state index contributed by atoms with van der Waals surface area (Å²) in [5.74, 6) is -0.0815. The first-order valence-electron chi connectivity index (χ1n) is 8.87. The van der Waals surface area contributed by atoms with Gasteiger partial charge in [0.1, 0.15) is 6.04 Å². The van der Waals surface area contributed by atoms with Crippen LogP contribution in [0.4, 0.5) is 0 Å². The van der Waals surface area contributed by atoms with Gasteiger partial charge in [-0.1, -0.05) is 30.3 Å². The van der Waals surface area contributed by atoms with E-state index in [1.807, 2.05) is 30.3 Å². The highest BCUT2D eigenvalue weighted by atomic mass is 35.5. The molecule has 1 saturated heterocycles. The summed E-state index contributed by atoms with van der Waals surface area (Å²) < 4.78 is 28.4. The number of hydrogen-bond acceptors (Lipinski definition) is 5. The molecule has 1 aromatic carbocycles. The van der Waals surface area contributed by atoms with Crippen molar-refractivity contribution >= 4 is 28.3 Å². The first-order valence-corrected chi connectivity index (χ1v) is 10.5. The van der Waals surface area contributed by atoms with Crippen molar-refractivity contribution in [3.05, 3.63) is 53.9 Å². The molecule has 1 amide bonds. The first kappa shape index (κ1) is 22.4. The van der Waals surface area contributed by atoms with E-state index in [-0.39, 0.29) is 24.1 Å². The second-order valence-electron chi connectivity index (χ2n) is 6.64. The molecule has 1 atom stereocenters. The van der Waals surface area contributed by atoms with Crippen LogP contribution in [-0.4, -0.2) is 66.5 Å². The van der Waals surface area contributed by atoms with E-state index >= 15 is 0 Å². The maximum atomic E-state index is 12.8. The average Bonchev–Trinajstić information content (AvgIpc) is 3.09. The van der Waals surface area contributed by atoms with E-state index in [0.29, 0.717) is 26.2 Å². The molecule has 154 valence electrons. The van der Waals surface area contributed by atoms with E-state index in [4.69, 9.17) is 0 Å². The summed E-state index contributed by atoms with van der Waals surface area (Å²) in [7, 11) is 0.141. The zero-order valence-corrected chi connectivity index (χ0v) is 17.6. The molecule has 1 unspecified atom stereocenters. The van der Waals surface area contributed by atoms with Gasteiger partial charge in [0.2, 0.25) is 15.9 Å². The van der Waals surface area contributed by atoms with Gasteiger partial charge in [0.15, 0.2) is 0 Å². The monoisotopic (exact) mass is 427 g/mol. The van der Waals surface area contributed by atoms with Crippen LogP contribution in [0, 0.1) is 0 Å².